The molecule has 2 fully saturated rings. The van der Waals surface area contributed by atoms with E-state index in [-0.39, 0.29) is 12.0 Å². The number of amides is 1. The number of rotatable bonds is 2. The maximum absolute atomic E-state index is 13.1. The van der Waals surface area contributed by atoms with Crippen LogP contribution in [0.3, 0.4) is 0 Å². The fourth-order valence-electron chi connectivity index (χ4n) is 4.23. The predicted molar refractivity (Wildman–Crippen MR) is 91.3 cm³/mol. The van der Waals surface area contributed by atoms with E-state index < -0.39 is 0 Å². The molecule has 5 heteroatoms. The maximum atomic E-state index is 13.1. The molecule has 0 bridgehead atoms. The fraction of sp³-hybridized carbons (Fsp3) is 0.632. The Morgan fingerprint density at radius 1 is 1.21 bits per heavy atom. The molecular weight excluding hydrogens is 304 g/mol. The van der Waals surface area contributed by atoms with Crippen LogP contribution in [-0.4, -0.2) is 43.2 Å². The van der Waals surface area contributed by atoms with Crippen molar-refractivity contribution in [2.75, 3.05) is 26.3 Å². The lowest BCUT2D eigenvalue weighted by Gasteiger charge is -2.33. The zero-order valence-electron chi connectivity index (χ0n) is 14.3. The number of nitrogens with zero attached hydrogens (tertiary/aromatic N) is 1. The highest BCUT2D eigenvalue weighted by Gasteiger charge is 2.35. The fourth-order valence-corrected chi connectivity index (χ4v) is 4.23. The second kappa shape index (κ2) is 6.63. The van der Waals surface area contributed by atoms with E-state index >= 15 is 0 Å². The minimum Gasteiger partial charge on any atom is -0.486 e. The number of fused-ring (bicyclic) bond motifs is 1. The number of likely N-dealkylation sites (tertiary alicyclic amines) is 1. The van der Waals surface area contributed by atoms with Crippen molar-refractivity contribution < 1.29 is 14.3 Å². The summed E-state index contributed by atoms with van der Waals surface area (Å²) in [6, 6.07) is 6.75. The SMILES string of the molecule is C[C@H]1C[C@@H](C(=O)N2CCCC2c2ccc3c(c2)OCCO3)CCN1. The molecule has 24 heavy (non-hydrogen) atoms. The molecule has 130 valence electrons. The highest BCUT2D eigenvalue weighted by atomic mass is 16.6. The lowest BCUT2D eigenvalue weighted by Crippen LogP contribution is -2.44. The third kappa shape index (κ3) is 2.97. The molecule has 1 aromatic rings. The Labute approximate surface area is 143 Å². The summed E-state index contributed by atoms with van der Waals surface area (Å²) < 4.78 is 11.3. The molecule has 0 spiro atoms. The van der Waals surface area contributed by atoms with Gasteiger partial charge in [0.15, 0.2) is 11.5 Å². The molecule has 0 radical (unpaired) electrons. The molecule has 3 aliphatic rings. The van der Waals surface area contributed by atoms with Crippen molar-refractivity contribution in [1.82, 2.24) is 10.2 Å². The van der Waals surface area contributed by atoms with E-state index in [1.807, 2.05) is 6.07 Å². The molecule has 5 nitrogen and oxygen atoms in total. The smallest absolute Gasteiger partial charge is 0.226 e. The van der Waals surface area contributed by atoms with Crippen molar-refractivity contribution in [3.05, 3.63) is 23.8 Å². The first-order valence-corrected chi connectivity index (χ1v) is 9.16. The van der Waals surface area contributed by atoms with Crippen molar-refractivity contribution in [3.8, 4) is 11.5 Å². The molecule has 1 unspecified atom stereocenters. The molecule has 1 N–H and O–H groups in total. The molecule has 3 atom stereocenters. The quantitative estimate of drug-likeness (QED) is 0.905. The van der Waals surface area contributed by atoms with Crippen LogP contribution < -0.4 is 14.8 Å². The summed E-state index contributed by atoms with van der Waals surface area (Å²) in [7, 11) is 0. The van der Waals surface area contributed by atoms with Crippen molar-refractivity contribution in [1.29, 1.82) is 0 Å². The van der Waals surface area contributed by atoms with Gasteiger partial charge in [-0.1, -0.05) is 6.07 Å². The molecule has 3 aliphatic heterocycles. The number of hydrogen-bond donors (Lipinski definition) is 1. The zero-order chi connectivity index (χ0) is 16.5. The van der Waals surface area contributed by atoms with Crippen molar-refractivity contribution in [3.63, 3.8) is 0 Å². The van der Waals surface area contributed by atoms with Crippen LogP contribution in [0.4, 0.5) is 0 Å². The van der Waals surface area contributed by atoms with Crippen molar-refractivity contribution in [2.45, 2.75) is 44.7 Å². The molecule has 2 saturated heterocycles. The molecule has 0 aromatic heterocycles. The van der Waals surface area contributed by atoms with Gasteiger partial charge in [0.05, 0.1) is 6.04 Å². The Morgan fingerprint density at radius 3 is 2.88 bits per heavy atom. The van der Waals surface area contributed by atoms with Crippen molar-refractivity contribution >= 4 is 5.91 Å². The summed E-state index contributed by atoms with van der Waals surface area (Å²) in [4.78, 5) is 15.2. The standard InChI is InChI=1S/C19H26N2O3/c1-13-11-15(6-7-20-13)19(22)21-8-2-3-16(21)14-4-5-17-18(12-14)24-10-9-23-17/h4-5,12-13,15-16,20H,2-3,6-11H2,1H3/t13-,15-,16?/m0/s1. The largest absolute Gasteiger partial charge is 0.486 e. The Bertz CT molecular complexity index is 619. The van der Waals surface area contributed by atoms with Gasteiger partial charge in [0.2, 0.25) is 5.91 Å². The molecule has 0 saturated carbocycles. The maximum Gasteiger partial charge on any atom is 0.226 e. The van der Waals surface area contributed by atoms with Crippen LogP contribution in [-0.2, 0) is 4.79 Å². The first kappa shape index (κ1) is 15.8. The summed E-state index contributed by atoms with van der Waals surface area (Å²) in [5, 5.41) is 3.43. The van der Waals surface area contributed by atoms with Gasteiger partial charge in [-0.3, -0.25) is 4.79 Å². The molecule has 1 amide bonds. The molecule has 4 rings (SSSR count). The number of carbonyl (C=O) groups is 1. The molecular formula is C19H26N2O3. The number of nitrogens with one attached hydrogen (secondary N) is 1. The summed E-state index contributed by atoms with van der Waals surface area (Å²) in [6.07, 6.45) is 4.01. The molecule has 0 aliphatic carbocycles. The van der Waals surface area contributed by atoms with E-state index in [1.165, 1.54) is 5.56 Å². The van der Waals surface area contributed by atoms with Gasteiger partial charge in [0, 0.05) is 18.5 Å². The summed E-state index contributed by atoms with van der Waals surface area (Å²) in [5.41, 5.74) is 1.17. The van der Waals surface area contributed by atoms with Gasteiger partial charge in [0.1, 0.15) is 13.2 Å². The van der Waals surface area contributed by atoms with Crippen molar-refractivity contribution in [2.24, 2.45) is 5.92 Å². The van der Waals surface area contributed by atoms with E-state index in [4.69, 9.17) is 9.47 Å². The van der Waals surface area contributed by atoms with Gasteiger partial charge in [-0.05, 0) is 56.8 Å². The molecule has 3 heterocycles. The third-order valence-electron chi connectivity index (χ3n) is 5.46. The Hall–Kier alpha value is -1.75. The first-order chi connectivity index (χ1) is 11.7. The Morgan fingerprint density at radius 2 is 2.04 bits per heavy atom. The monoisotopic (exact) mass is 330 g/mol. The van der Waals surface area contributed by atoms with Crippen LogP contribution in [0, 0.1) is 5.92 Å². The first-order valence-electron chi connectivity index (χ1n) is 9.16. The average molecular weight is 330 g/mol. The topological polar surface area (TPSA) is 50.8 Å². The average Bonchev–Trinajstić information content (AvgIpc) is 3.10. The normalized spacial score (nSPS) is 29.5. The Kier molecular flexibility index (Phi) is 4.35. The summed E-state index contributed by atoms with van der Waals surface area (Å²) in [6.45, 7) is 5.18. The van der Waals surface area contributed by atoms with E-state index in [9.17, 15) is 4.79 Å². The van der Waals surface area contributed by atoms with Crippen LogP contribution in [0.5, 0.6) is 11.5 Å². The number of piperidine rings is 1. The highest BCUT2D eigenvalue weighted by Crippen LogP contribution is 2.39. The number of hydrogen-bond acceptors (Lipinski definition) is 4. The zero-order valence-corrected chi connectivity index (χ0v) is 14.3. The third-order valence-corrected chi connectivity index (χ3v) is 5.46. The van der Waals surface area contributed by atoms with Crippen LogP contribution in [0.15, 0.2) is 18.2 Å². The Balaban J connectivity index is 1.53. The van der Waals surface area contributed by atoms with Crippen LogP contribution in [0.1, 0.15) is 44.2 Å². The highest BCUT2D eigenvalue weighted by molar-refractivity contribution is 5.80. The minimum absolute atomic E-state index is 0.166. The lowest BCUT2D eigenvalue weighted by atomic mass is 9.91. The van der Waals surface area contributed by atoms with Gasteiger partial charge in [-0.2, -0.15) is 0 Å². The van der Waals surface area contributed by atoms with Crippen LogP contribution in [0.2, 0.25) is 0 Å². The van der Waals surface area contributed by atoms with Gasteiger partial charge in [-0.25, -0.2) is 0 Å². The second-order valence-corrected chi connectivity index (χ2v) is 7.17. The van der Waals surface area contributed by atoms with Gasteiger partial charge >= 0.3 is 0 Å². The van der Waals surface area contributed by atoms with Crippen LogP contribution in [0.25, 0.3) is 0 Å². The number of carbonyl (C=O) groups excluding carboxylic acids is 1. The van der Waals surface area contributed by atoms with Gasteiger partial charge in [-0.15, -0.1) is 0 Å². The lowest BCUT2D eigenvalue weighted by molar-refractivity contribution is -0.137. The number of benzene rings is 1. The second-order valence-electron chi connectivity index (χ2n) is 7.17. The van der Waals surface area contributed by atoms with E-state index in [0.717, 1.165) is 50.3 Å². The van der Waals surface area contributed by atoms with E-state index in [1.54, 1.807) is 0 Å². The van der Waals surface area contributed by atoms with Gasteiger partial charge in [0.25, 0.3) is 0 Å². The predicted octanol–water partition coefficient (Wildman–Crippen LogP) is 2.51. The van der Waals surface area contributed by atoms with Crippen LogP contribution >= 0.6 is 0 Å². The minimum atomic E-state index is 0.166. The van der Waals surface area contributed by atoms with E-state index in [2.05, 4.69) is 29.3 Å². The number of ether oxygens (including phenoxy) is 2. The molecule has 1 aromatic carbocycles. The van der Waals surface area contributed by atoms with E-state index in [0.29, 0.717) is 25.2 Å². The van der Waals surface area contributed by atoms with Gasteiger partial charge < -0.3 is 19.7 Å². The summed E-state index contributed by atoms with van der Waals surface area (Å²) >= 11 is 0. The summed E-state index contributed by atoms with van der Waals surface area (Å²) in [5.74, 6) is 2.13.